The second-order valence-corrected chi connectivity index (χ2v) is 4.06. The van der Waals surface area contributed by atoms with Crippen molar-refractivity contribution in [2.45, 2.75) is 19.4 Å². The summed E-state index contributed by atoms with van der Waals surface area (Å²) >= 11 is 0. The second kappa shape index (κ2) is 4.16. The van der Waals surface area contributed by atoms with Crippen molar-refractivity contribution in [2.75, 3.05) is 18.9 Å². The Labute approximate surface area is 89.1 Å². The van der Waals surface area contributed by atoms with Crippen molar-refractivity contribution in [3.05, 3.63) is 23.4 Å². The number of ether oxygens (including phenoxy) is 1. The van der Waals surface area contributed by atoms with E-state index in [2.05, 4.69) is 4.98 Å². The third-order valence-electron chi connectivity index (χ3n) is 2.82. The number of hydrogen-bond donors (Lipinski definition) is 2. The van der Waals surface area contributed by atoms with E-state index < -0.39 is 6.10 Å². The number of aliphatic hydroxyl groups is 1. The first-order valence-electron chi connectivity index (χ1n) is 5.16. The lowest BCUT2D eigenvalue weighted by Crippen LogP contribution is -2.15. The van der Waals surface area contributed by atoms with Gasteiger partial charge in [-0.15, -0.1) is 0 Å². The van der Waals surface area contributed by atoms with Crippen LogP contribution in [-0.4, -0.2) is 23.3 Å². The summed E-state index contributed by atoms with van der Waals surface area (Å²) in [5.41, 5.74) is 7.48. The van der Waals surface area contributed by atoms with E-state index in [4.69, 9.17) is 10.5 Å². The molecular formula is C11H16N2O2. The SMILES string of the molecule is Cc1cnc(N)c(C(O)C2CCOC2)c1. The average Bonchev–Trinajstić information content (AvgIpc) is 2.74. The van der Waals surface area contributed by atoms with E-state index in [-0.39, 0.29) is 5.92 Å². The van der Waals surface area contributed by atoms with Crippen LogP contribution in [0.5, 0.6) is 0 Å². The highest BCUT2D eigenvalue weighted by Crippen LogP contribution is 2.31. The van der Waals surface area contributed by atoms with Crippen LogP contribution in [0.4, 0.5) is 5.82 Å². The molecule has 2 unspecified atom stereocenters. The number of nitrogens with two attached hydrogens (primary N) is 1. The van der Waals surface area contributed by atoms with Gasteiger partial charge in [0.1, 0.15) is 5.82 Å². The Bertz CT molecular complexity index is 348. The van der Waals surface area contributed by atoms with Crippen molar-refractivity contribution in [3.8, 4) is 0 Å². The number of anilines is 1. The normalized spacial score (nSPS) is 22.9. The van der Waals surface area contributed by atoms with Crippen LogP contribution in [0.1, 0.15) is 23.7 Å². The minimum Gasteiger partial charge on any atom is -0.388 e. The number of hydrogen-bond acceptors (Lipinski definition) is 4. The van der Waals surface area contributed by atoms with Crippen LogP contribution in [0.15, 0.2) is 12.3 Å². The van der Waals surface area contributed by atoms with Gasteiger partial charge in [-0.1, -0.05) is 0 Å². The minimum atomic E-state index is -0.556. The monoisotopic (exact) mass is 208 g/mol. The molecule has 1 aromatic heterocycles. The highest BCUT2D eigenvalue weighted by Gasteiger charge is 2.26. The van der Waals surface area contributed by atoms with E-state index in [1.165, 1.54) is 0 Å². The van der Waals surface area contributed by atoms with Gasteiger partial charge in [-0.25, -0.2) is 4.98 Å². The number of rotatable bonds is 2. The van der Waals surface area contributed by atoms with Crippen LogP contribution < -0.4 is 5.73 Å². The molecule has 1 aliphatic heterocycles. The highest BCUT2D eigenvalue weighted by molar-refractivity contribution is 5.42. The van der Waals surface area contributed by atoms with E-state index in [1.54, 1.807) is 6.20 Å². The molecule has 0 aromatic carbocycles. The van der Waals surface area contributed by atoms with Crippen LogP contribution in [-0.2, 0) is 4.74 Å². The van der Waals surface area contributed by atoms with Gasteiger partial charge in [0.15, 0.2) is 0 Å². The zero-order valence-electron chi connectivity index (χ0n) is 8.81. The molecule has 0 radical (unpaired) electrons. The third-order valence-corrected chi connectivity index (χ3v) is 2.82. The number of nitrogen functional groups attached to an aromatic ring is 1. The van der Waals surface area contributed by atoms with Gasteiger partial charge in [0.2, 0.25) is 0 Å². The lowest BCUT2D eigenvalue weighted by molar-refractivity contribution is 0.0921. The molecule has 1 saturated heterocycles. The molecule has 4 heteroatoms. The second-order valence-electron chi connectivity index (χ2n) is 4.06. The average molecular weight is 208 g/mol. The molecule has 0 bridgehead atoms. The first-order valence-corrected chi connectivity index (χ1v) is 5.16. The number of aliphatic hydroxyl groups excluding tert-OH is 1. The Morgan fingerprint density at radius 3 is 3.13 bits per heavy atom. The topological polar surface area (TPSA) is 68.4 Å². The number of nitrogens with zero attached hydrogens (tertiary/aromatic N) is 1. The molecule has 0 spiro atoms. The fourth-order valence-corrected chi connectivity index (χ4v) is 1.89. The maximum Gasteiger partial charge on any atom is 0.129 e. The van der Waals surface area contributed by atoms with Gasteiger partial charge in [-0.3, -0.25) is 0 Å². The number of pyridine rings is 1. The number of aromatic nitrogens is 1. The smallest absolute Gasteiger partial charge is 0.129 e. The standard InChI is InChI=1S/C11H16N2O2/c1-7-4-9(11(12)13-5-7)10(14)8-2-3-15-6-8/h4-5,8,10,14H,2-3,6H2,1H3,(H2,12,13). The summed E-state index contributed by atoms with van der Waals surface area (Å²) in [6.45, 7) is 3.27. The molecule has 1 fully saturated rings. The molecule has 3 N–H and O–H groups in total. The van der Waals surface area contributed by atoms with Crippen molar-refractivity contribution >= 4 is 5.82 Å². The zero-order valence-corrected chi connectivity index (χ0v) is 8.81. The molecule has 1 aliphatic rings. The molecule has 0 saturated carbocycles. The fourth-order valence-electron chi connectivity index (χ4n) is 1.89. The Balaban J connectivity index is 2.23. The lowest BCUT2D eigenvalue weighted by atomic mass is 9.95. The van der Waals surface area contributed by atoms with E-state index in [1.807, 2.05) is 13.0 Å². The molecular weight excluding hydrogens is 192 g/mol. The van der Waals surface area contributed by atoms with E-state index in [9.17, 15) is 5.11 Å². The highest BCUT2D eigenvalue weighted by atomic mass is 16.5. The van der Waals surface area contributed by atoms with Gasteiger partial charge >= 0.3 is 0 Å². The largest absolute Gasteiger partial charge is 0.388 e. The quantitative estimate of drug-likeness (QED) is 0.762. The van der Waals surface area contributed by atoms with Gasteiger partial charge in [0.05, 0.1) is 12.7 Å². The van der Waals surface area contributed by atoms with Crippen molar-refractivity contribution in [1.29, 1.82) is 0 Å². The summed E-state index contributed by atoms with van der Waals surface area (Å²) in [6.07, 6.45) is 2.03. The Morgan fingerprint density at radius 2 is 2.47 bits per heavy atom. The maximum absolute atomic E-state index is 10.1. The van der Waals surface area contributed by atoms with Gasteiger partial charge in [0, 0.05) is 24.3 Å². The van der Waals surface area contributed by atoms with Crippen LogP contribution in [0.25, 0.3) is 0 Å². The summed E-state index contributed by atoms with van der Waals surface area (Å²) in [4.78, 5) is 4.05. The first-order chi connectivity index (χ1) is 7.18. The third kappa shape index (κ3) is 2.11. The zero-order chi connectivity index (χ0) is 10.8. The molecule has 0 amide bonds. The summed E-state index contributed by atoms with van der Waals surface area (Å²) in [5, 5.41) is 10.1. The van der Waals surface area contributed by atoms with Crippen LogP contribution >= 0.6 is 0 Å². The van der Waals surface area contributed by atoms with E-state index in [0.717, 1.165) is 24.2 Å². The van der Waals surface area contributed by atoms with Gasteiger partial charge in [-0.05, 0) is 25.0 Å². The molecule has 2 atom stereocenters. The Hall–Kier alpha value is -1.13. The van der Waals surface area contributed by atoms with Crippen LogP contribution in [0.2, 0.25) is 0 Å². The molecule has 1 aromatic rings. The molecule has 2 rings (SSSR count). The van der Waals surface area contributed by atoms with Gasteiger partial charge < -0.3 is 15.6 Å². The predicted octanol–water partition coefficient (Wildman–Crippen LogP) is 1.04. The van der Waals surface area contributed by atoms with Crippen molar-refractivity contribution in [3.63, 3.8) is 0 Å². The predicted molar refractivity (Wildman–Crippen MR) is 57.3 cm³/mol. The summed E-state index contributed by atoms with van der Waals surface area (Å²) < 4.78 is 5.25. The lowest BCUT2D eigenvalue weighted by Gasteiger charge is -2.18. The van der Waals surface area contributed by atoms with Gasteiger partial charge in [-0.2, -0.15) is 0 Å². The number of aryl methyl sites for hydroxylation is 1. The molecule has 82 valence electrons. The maximum atomic E-state index is 10.1. The van der Waals surface area contributed by atoms with Crippen molar-refractivity contribution in [1.82, 2.24) is 4.98 Å². The van der Waals surface area contributed by atoms with Crippen LogP contribution in [0.3, 0.4) is 0 Å². The Morgan fingerprint density at radius 1 is 1.67 bits per heavy atom. The van der Waals surface area contributed by atoms with E-state index in [0.29, 0.717) is 12.4 Å². The van der Waals surface area contributed by atoms with Crippen molar-refractivity contribution < 1.29 is 9.84 Å². The molecule has 2 heterocycles. The fraction of sp³-hybridized carbons (Fsp3) is 0.545. The van der Waals surface area contributed by atoms with Crippen molar-refractivity contribution in [2.24, 2.45) is 5.92 Å². The molecule has 15 heavy (non-hydrogen) atoms. The summed E-state index contributed by atoms with van der Waals surface area (Å²) in [6, 6.07) is 1.89. The summed E-state index contributed by atoms with van der Waals surface area (Å²) in [5.74, 6) is 0.566. The minimum absolute atomic E-state index is 0.149. The summed E-state index contributed by atoms with van der Waals surface area (Å²) in [7, 11) is 0. The Kier molecular flexibility index (Phi) is 2.88. The molecule has 0 aliphatic carbocycles. The van der Waals surface area contributed by atoms with Crippen LogP contribution in [0, 0.1) is 12.8 Å². The van der Waals surface area contributed by atoms with E-state index >= 15 is 0 Å². The van der Waals surface area contributed by atoms with Gasteiger partial charge in [0.25, 0.3) is 0 Å². The molecule has 4 nitrogen and oxygen atoms in total. The first kappa shape index (κ1) is 10.4.